The Kier molecular flexibility index (Phi) is 3.82. The maximum absolute atomic E-state index is 5.80. The Hall–Kier alpha value is -0.900. The summed E-state index contributed by atoms with van der Waals surface area (Å²) in [4.78, 5) is 0. The zero-order chi connectivity index (χ0) is 12.3. The van der Waals surface area contributed by atoms with Crippen molar-refractivity contribution in [3.63, 3.8) is 0 Å². The van der Waals surface area contributed by atoms with Gasteiger partial charge in [0.05, 0.1) is 19.3 Å². The average Bonchev–Trinajstić information content (AvgIpc) is 2.68. The lowest BCUT2D eigenvalue weighted by molar-refractivity contribution is -0.155. The minimum absolute atomic E-state index is 0.0220. The number of rotatable bonds is 4. The highest BCUT2D eigenvalue weighted by atomic mass is 16.7. The first-order valence-corrected chi connectivity index (χ1v) is 6.04. The van der Waals surface area contributed by atoms with E-state index in [9.17, 15) is 0 Å². The Morgan fingerprint density at radius 1 is 1.35 bits per heavy atom. The summed E-state index contributed by atoms with van der Waals surface area (Å²) in [5, 5.41) is 0. The molecule has 2 atom stereocenters. The van der Waals surface area contributed by atoms with Gasteiger partial charge in [-0.15, -0.1) is 0 Å². The Labute approximate surface area is 103 Å². The van der Waals surface area contributed by atoms with Gasteiger partial charge in [-0.25, -0.2) is 0 Å². The number of hydrogen-bond donors (Lipinski definition) is 0. The molecule has 1 aromatic carbocycles. The largest absolute Gasteiger partial charge is 0.371 e. The van der Waals surface area contributed by atoms with E-state index in [4.69, 9.17) is 14.2 Å². The van der Waals surface area contributed by atoms with E-state index >= 15 is 0 Å². The van der Waals surface area contributed by atoms with Crippen LogP contribution < -0.4 is 0 Å². The third-order valence-corrected chi connectivity index (χ3v) is 2.91. The van der Waals surface area contributed by atoms with Crippen LogP contribution in [0.15, 0.2) is 30.3 Å². The van der Waals surface area contributed by atoms with Crippen LogP contribution in [0.3, 0.4) is 0 Å². The number of benzene rings is 1. The van der Waals surface area contributed by atoms with Crippen LogP contribution in [0.5, 0.6) is 0 Å². The van der Waals surface area contributed by atoms with Gasteiger partial charge in [-0.3, -0.25) is 0 Å². The molecule has 1 saturated heterocycles. The molecule has 94 valence electrons. The second-order valence-corrected chi connectivity index (χ2v) is 4.87. The molecule has 0 radical (unpaired) electrons. The molecule has 17 heavy (non-hydrogen) atoms. The third-order valence-electron chi connectivity index (χ3n) is 2.91. The van der Waals surface area contributed by atoms with Gasteiger partial charge in [0.2, 0.25) is 0 Å². The van der Waals surface area contributed by atoms with Crippen molar-refractivity contribution >= 4 is 0 Å². The monoisotopic (exact) mass is 236 g/mol. The maximum Gasteiger partial charge on any atom is 0.163 e. The van der Waals surface area contributed by atoms with E-state index in [1.54, 1.807) is 0 Å². The van der Waals surface area contributed by atoms with Gasteiger partial charge in [-0.05, 0) is 26.3 Å². The second kappa shape index (κ2) is 5.17. The van der Waals surface area contributed by atoms with Crippen molar-refractivity contribution in [1.82, 2.24) is 0 Å². The summed E-state index contributed by atoms with van der Waals surface area (Å²) < 4.78 is 17.1. The fourth-order valence-corrected chi connectivity index (χ4v) is 1.86. The van der Waals surface area contributed by atoms with Crippen LogP contribution in [0.25, 0.3) is 0 Å². The van der Waals surface area contributed by atoms with E-state index in [0.717, 1.165) is 0 Å². The van der Waals surface area contributed by atoms with Gasteiger partial charge >= 0.3 is 0 Å². The summed E-state index contributed by atoms with van der Waals surface area (Å²) in [7, 11) is 0. The summed E-state index contributed by atoms with van der Waals surface area (Å²) in [5.74, 6) is -0.477. The van der Waals surface area contributed by atoms with Crippen molar-refractivity contribution in [2.45, 2.75) is 45.4 Å². The molecule has 0 bridgehead atoms. The quantitative estimate of drug-likeness (QED) is 0.804. The van der Waals surface area contributed by atoms with Gasteiger partial charge in [0.1, 0.15) is 6.10 Å². The molecular formula is C14H20O3. The van der Waals surface area contributed by atoms with Gasteiger partial charge in [-0.1, -0.05) is 30.3 Å². The molecular weight excluding hydrogens is 216 g/mol. The summed E-state index contributed by atoms with van der Waals surface area (Å²) in [6.07, 6.45) is 0.0608. The molecule has 1 aromatic rings. The zero-order valence-electron chi connectivity index (χ0n) is 10.7. The zero-order valence-corrected chi connectivity index (χ0v) is 10.7. The second-order valence-electron chi connectivity index (χ2n) is 4.87. The van der Waals surface area contributed by atoms with Gasteiger partial charge in [-0.2, -0.15) is 0 Å². The lowest BCUT2D eigenvalue weighted by Crippen LogP contribution is -2.30. The Balaban J connectivity index is 1.80. The third kappa shape index (κ3) is 3.53. The molecule has 2 rings (SSSR count). The Bertz CT molecular complexity index is 348. The fourth-order valence-electron chi connectivity index (χ4n) is 1.86. The molecule has 0 N–H and O–H groups in total. The minimum atomic E-state index is -0.477. The molecule has 0 aromatic heterocycles. The van der Waals surface area contributed by atoms with Crippen LogP contribution in [-0.4, -0.2) is 24.6 Å². The van der Waals surface area contributed by atoms with Gasteiger partial charge in [0.25, 0.3) is 0 Å². The molecule has 0 saturated carbocycles. The van der Waals surface area contributed by atoms with Crippen molar-refractivity contribution < 1.29 is 14.2 Å². The van der Waals surface area contributed by atoms with E-state index in [2.05, 4.69) is 12.1 Å². The molecule has 0 aliphatic carbocycles. The van der Waals surface area contributed by atoms with Crippen LogP contribution in [0, 0.1) is 0 Å². The molecule has 0 amide bonds. The lowest BCUT2D eigenvalue weighted by Gasteiger charge is -2.21. The van der Waals surface area contributed by atoms with E-state index in [0.29, 0.717) is 13.2 Å². The fraction of sp³-hybridized carbons (Fsp3) is 0.571. The molecule has 0 spiro atoms. The number of ether oxygens (including phenoxy) is 3. The first kappa shape index (κ1) is 12.6. The van der Waals surface area contributed by atoms with Crippen LogP contribution in [0.2, 0.25) is 0 Å². The van der Waals surface area contributed by atoms with Gasteiger partial charge in [0.15, 0.2) is 5.79 Å². The van der Waals surface area contributed by atoms with Crippen molar-refractivity contribution in [1.29, 1.82) is 0 Å². The van der Waals surface area contributed by atoms with Crippen LogP contribution >= 0.6 is 0 Å². The first-order valence-electron chi connectivity index (χ1n) is 6.04. The predicted octanol–water partition coefficient (Wildman–Crippen LogP) is 2.74. The Morgan fingerprint density at radius 2 is 2.06 bits per heavy atom. The molecule has 3 nitrogen and oxygen atoms in total. The van der Waals surface area contributed by atoms with Gasteiger partial charge in [0, 0.05) is 0 Å². The van der Waals surface area contributed by atoms with E-state index < -0.39 is 5.79 Å². The van der Waals surface area contributed by atoms with Crippen LogP contribution in [-0.2, 0) is 20.8 Å². The predicted molar refractivity (Wildman–Crippen MR) is 65.6 cm³/mol. The Morgan fingerprint density at radius 3 is 2.65 bits per heavy atom. The SMILES string of the molecule is CC(OCc1ccccc1)C1COC(C)(C)O1. The molecule has 1 heterocycles. The standard InChI is InChI=1S/C14H20O3/c1-11(13-10-16-14(2,3)17-13)15-9-12-7-5-4-6-8-12/h4-8,11,13H,9-10H2,1-3H3. The highest BCUT2D eigenvalue weighted by Gasteiger charge is 2.36. The highest BCUT2D eigenvalue weighted by molar-refractivity contribution is 5.13. The summed E-state index contributed by atoms with van der Waals surface area (Å²) in [6.45, 7) is 7.09. The molecule has 1 aliphatic heterocycles. The summed E-state index contributed by atoms with van der Waals surface area (Å²) in [5.41, 5.74) is 1.18. The maximum atomic E-state index is 5.80. The molecule has 1 fully saturated rings. The first-order chi connectivity index (χ1) is 8.07. The summed E-state index contributed by atoms with van der Waals surface area (Å²) in [6, 6.07) is 10.2. The topological polar surface area (TPSA) is 27.7 Å². The van der Waals surface area contributed by atoms with Crippen molar-refractivity contribution in [2.75, 3.05) is 6.61 Å². The van der Waals surface area contributed by atoms with Crippen molar-refractivity contribution in [2.24, 2.45) is 0 Å². The molecule has 3 heteroatoms. The lowest BCUT2D eigenvalue weighted by atomic mass is 10.2. The minimum Gasteiger partial charge on any atom is -0.371 e. The molecule has 2 unspecified atom stereocenters. The molecule has 1 aliphatic rings. The highest BCUT2D eigenvalue weighted by Crippen LogP contribution is 2.25. The van der Waals surface area contributed by atoms with Crippen LogP contribution in [0.1, 0.15) is 26.3 Å². The number of hydrogen-bond acceptors (Lipinski definition) is 3. The van der Waals surface area contributed by atoms with E-state index in [-0.39, 0.29) is 12.2 Å². The van der Waals surface area contributed by atoms with Gasteiger partial charge < -0.3 is 14.2 Å². The van der Waals surface area contributed by atoms with Crippen molar-refractivity contribution in [3.05, 3.63) is 35.9 Å². The van der Waals surface area contributed by atoms with E-state index in [1.807, 2.05) is 39.0 Å². The van der Waals surface area contributed by atoms with Crippen molar-refractivity contribution in [3.8, 4) is 0 Å². The van der Waals surface area contributed by atoms with Crippen LogP contribution in [0.4, 0.5) is 0 Å². The normalized spacial score (nSPS) is 24.8. The van der Waals surface area contributed by atoms with E-state index in [1.165, 1.54) is 5.56 Å². The summed E-state index contributed by atoms with van der Waals surface area (Å²) >= 11 is 0. The smallest absolute Gasteiger partial charge is 0.163 e. The average molecular weight is 236 g/mol.